The minimum absolute atomic E-state index is 0.0168. The van der Waals surface area contributed by atoms with Crippen molar-refractivity contribution in [2.75, 3.05) is 24.6 Å². The van der Waals surface area contributed by atoms with Crippen molar-refractivity contribution in [2.45, 2.75) is 46.1 Å². The highest BCUT2D eigenvalue weighted by Crippen LogP contribution is 2.08. The van der Waals surface area contributed by atoms with E-state index in [9.17, 15) is 13.2 Å². The summed E-state index contributed by atoms with van der Waals surface area (Å²) in [6.07, 6.45) is 1.54. The molecule has 108 valence electrons. The minimum atomic E-state index is -3.35. The van der Waals surface area contributed by atoms with E-state index < -0.39 is 27.2 Å². The highest BCUT2D eigenvalue weighted by Gasteiger charge is 2.22. The molecule has 0 aromatic rings. The Kier molecular flexibility index (Phi) is 7.47. The Morgan fingerprint density at radius 1 is 1.22 bits per heavy atom. The summed E-state index contributed by atoms with van der Waals surface area (Å²) in [5.74, 6) is -1.19. The molecule has 6 heteroatoms. The number of hydrogen-bond acceptors (Lipinski definition) is 5. The van der Waals surface area contributed by atoms with E-state index in [0.29, 0.717) is 13.0 Å². The molecular formula is C12H25NO4S. The van der Waals surface area contributed by atoms with Crippen molar-refractivity contribution in [2.24, 2.45) is 0 Å². The predicted molar refractivity (Wildman–Crippen MR) is 72.3 cm³/mol. The molecule has 0 aromatic carbocycles. The normalized spacial score (nSPS) is 12.4. The zero-order chi connectivity index (χ0) is 14.2. The second-order valence-electron chi connectivity index (χ2n) is 5.28. The van der Waals surface area contributed by atoms with Crippen LogP contribution in [0.3, 0.4) is 0 Å². The first-order chi connectivity index (χ1) is 8.16. The highest BCUT2D eigenvalue weighted by molar-refractivity contribution is 7.92. The van der Waals surface area contributed by atoms with Gasteiger partial charge in [-0.1, -0.05) is 6.92 Å². The van der Waals surface area contributed by atoms with Gasteiger partial charge < -0.3 is 10.1 Å². The number of hydrogen-bond donors (Lipinski definition) is 1. The van der Waals surface area contributed by atoms with Crippen molar-refractivity contribution in [1.29, 1.82) is 0 Å². The van der Waals surface area contributed by atoms with E-state index in [4.69, 9.17) is 4.74 Å². The first-order valence-corrected chi connectivity index (χ1v) is 8.11. The van der Waals surface area contributed by atoms with Gasteiger partial charge in [0.25, 0.3) is 0 Å². The molecule has 0 heterocycles. The molecule has 0 aromatic heterocycles. The molecule has 0 spiro atoms. The smallest absolute Gasteiger partial charge is 0.321 e. The number of nitrogens with one attached hydrogen (secondary N) is 1. The second kappa shape index (κ2) is 7.74. The van der Waals surface area contributed by atoms with E-state index in [-0.39, 0.29) is 5.75 Å². The van der Waals surface area contributed by atoms with Gasteiger partial charge in [0.1, 0.15) is 11.4 Å². The molecule has 18 heavy (non-hydrogen) atoms. The van der Waals surface area contributed by atoms with Gasteiger partial charge in [-0.3, -0.25) is 4.79 Å². The quantitative estimate of drug-likeness (QED) is 0.533. The fourth-order valence-corrected chi connectivity index (χ4v) is 2.49. The van der Waals surface area contributed by atoms with Gasteiger partial charge in [-0.05, 0) is 46.7 Å². The van der Waals surface area contributed by atoms with Crippen LogP contribution in [0.2, 0.25) is 0 Å². The van der Waals surface area contributed by atoms with Crippen molar-refractivity contribution in [1.82, 2.24) is 5.32 Å². The Bertz CT molecular complexity index is 344. The molecular weight excluding hydrogens is 254 g/mol. The molecule has 0 aliphatic heterocycles. The first kappa shape index (κ1) is 17.4. The number of esters is 1. The van der Waals surface area contributed by atoms with Crippen molar-refractivity contribution in [3.63, 3.8) is 0 Å². The Balaban J connectivity index is 3.97. The Morgan fingerprint density at radius 2 is 1.83 bits per heavy atom. The molecule has 0 saturated heterocycles. The zero-order valence-corrected chi connectivity index (χ0v) is 12.6. The van der Waals surface area contributed by atoms with Crippen LogP contribution in [0.1, 0.15) is 40.5 Å². The number of ether oxygens (including phenoxy) is 1. The molecule has 0 rings (SSSR count). The Hall–Kier alpha value is -0.620. The van der Waals surface area contributed by atoms with Crippen LogP contribution in [0, 0.1) is 0 Å². The Labute approximate surface area is 110 Å². The van der Waals surface area contributed by atoms with Crippen LogP contribution in [0.25, 0.3) is 0 Å². The molecule has 0 aliphatic carbocycles. The molecule has 0 aliphatic rings. The third-order valence-electron chi connectivity index (χ3n) is 1.99. The summed E-state index contributed by atoms with van der Waals surface area (Å²) in [7, 11) is -3.35. The van der Waals surface area contributed by atoms with Gasteiger partial charge in [0.2, 0.25) is 0 Å². The largest absolute Gasteiger partial charge is 0.459 e. The number of rotatable bonds is 8. The van der Waals surface area contributed by atoms with Gasteiger partial charge in [0.05, 0.1) is 5.75 Å². The lowest BCUT2D eigenvalue weighted by Crippen LogP contribution is -2.30. The molecule has 0 bridgehead atoms. The molecule has 5 nitrogen and oxygen atoms in total. The van der Waals surface area contributed by atoms with Gasteiger partial charge in [-0.25, -0.2) is 8.42 Å². The monoisotopic (exact) mass is 279 g/mol. The van der Waals surface area contributed by atoms with Crippen LogP contribution in [0.15, 0.2) is 0 Å². The molecule has 0 amide bonds. The van der Waals surface area contributed by atoms with E-state index in [2.05, 4.69) is 5.32 Å². The van der Waals surface area contributed by atoms with Crippen LogP contribution < -0.4 is 5.32 Å². The van der Waals surface area contributed by atoms with Crippen molar-refractivity contribution in [3.8, 4) is 0 Å². The SMILES string of the molecule is CCCNCCCS(=O)(=O)CC(=O)OC(C)(C)C. The van der Waals surface area contributed by atoms with E-state index in [0.717, 1.165) is 13.0 Å². The standard InChI is InChI=1S/C12H25NO4S/c1-5-7-13-8-6-9-18(15,16)10-11(14)17-12(2,3)4/h13H,5-10H2,1-4H3. The van der Waals surface area contributed by atoms with Crippen molar-refractivity contribution in [3.05, 3.63) is 0 Å². The Morgan fingerprint density at radius 3 is 2.33 bits per heavy atom. The van der Waals surface area contributed by atoms with E-state index >= 15 is 0 Å². The highest BCUT2D eigenvalue weighted by atomic mass is 32.2. The third kappa shape index (κ3) is 10.5. The lowest BCUT2D eigenvalue weighted by Gasteiger charge is -2.19. The summed E-state index contributed by atoms with van der Waals surface area (Å²) in [6.45, 7) is 8.73. The van der Waals surface area contributed by atoms with Gasteiger partial charge in [-0.2, -0.15) is 0 Å². The van der Waals surface area contributed by atoms with Crippen molar-refractivity contribution < 1.29 is 17.9 Å². The number of carbonyl (C=O) groups excluding carboxylic acids is 1. The van der Waals surface area contributed by atoms with Crippen LogP contribution in [0.5, 0.6) is 0 Å². The first-order valence-electron chi connectivity index (χ1n) is 6.29. The molecule has 0 radical (unpaired) electrons. The maximum absolute atomic E-state index is 11.6. The molecule has 1 N–H and O–H groups in total. The summed E-state index contributed by atoms with van der Waals surface area (Å²) < 4.78 is 28.2. The number of sulfone groups is 1. The molecule has 0 unspecified atom stereocenters. The van der Waals surface area contributed by atoms with Crippen LogP contribution in [-0.4, -0.2) is 44.6 Å². The zero-order valence-electron chi connectivity index (χ0n) is 11.8. The summed E-state index contributed by atoms with van der Waals surface area (Å²) in [4.78, 5) is 11.4. The lowest BCUT2D eigenvalue weighted by atomic mass is 10.2. The lowest BCUT2D eigenvalue weighted by molar-refractivity contribution is -0.151. The van der Waals surface area contributed by atoms with E-state index in [1.165, 1.54) is 0 Å². The van der Waals surface area contributed by atoms with E-state index in [1.807, 2.05) is 6.92 Å². The van der Waals surface area contributed by atoms with Gasteiger partial charge in [0.15, 0.2) is 9.84 Å². The van der Waals surface area contributed by atoms with Crippen LogP contribution >= 0.6 is 0 Å². The second-order valence-corrected chi connectivity index (χ2v) is 7.47. The van der Waals surface area contributed by atoms with E-state index in [1.54, 1.807) is 20.8 Å². The fraction of sp³-hybridized carbons (Fsp3) is 0.917. The maximum Gasteiger partial charge on any atom is 0.321 e. The topological polar surface area (TPSA) is 72.5 Å². The molecule has 0 fully saturated rings. The summed E-state index contributed by atoms with van der Waals surface area (Å²) in [5, 5.41) is 3.12. The third-order valence-corrected chi connectivity index (χ3v) is 3.58. The molecule has 0 atom stereocenters. The number of carbonyl (C=O) groups is 1. The van der Waals surface area contributed by atoms with Gasteiger partial charge in [-0.15, -0.1) is 0 Å². The summed E-state index contributed by atoms with van der Waals surface area (Å²) in [5.41, 5.74) is -0.644. The van der Waals surface area contributed by atoms with Gasteiger partial charge >= 0.3 is 5.97 Å². The maximum atomic E-state index is 11.6. The van der Waals surface area contributed by atoms with Crippen molar-refractivity contribution >= 4 is 15.8 Å². The summed E-state index contributed by atoms with van der Waals surface area (Å²) in [6, 6.07) is 0. The van der Waals surface area contributed by atoms with Crippen LogP contribution in [0.4, 0.5) is 0 Å². The van der Waals surface area contributed by atoms with Crippen LogP contribution in [-0.2, 0) is 19.4 Å². The molecule has 0 saturated carbocycles. The average Bonchev–Trinajstić information content (AvgIpc) is 2.12. The minimum Gasteiger partial charge on any atom is -0.459 e. The average molecular weight is 279 g/mol. The summed E-state index contributed by atoms with van der Waals surface area (Å²) >= 11 is 0. The van der Waals surface area contributed by atoms with Gasteiger partial charge in [0, 0.05) is 0 Å². The fourth-order valence-electron chi connectivity index (χ4n) is 1.34. The predicted octanol–water partition coefficient (Wildman–Crippen LogP) is 1.13.